The van der Waals surface area contributed by atoms with Gasteiger partial charge in [0.05, 0.1) is 19.3 Å². The van der Waals surface area contributed by atoms with Crippen LogP contribution in [0.1, 0.15) is 27.7 Å². The number of hydrogen-bond donors (Lipinski definition) is 0. The van der Waals surface area contributed by atoms with Crippen molar-refractivity contribution in [3.8, 4) is 0 Å². The summed E-state index contributed by atoms with van der Waals surface area (Å²) in [5.74, 6) is 0.637. The summed E-state index contributed by atoms with van der Waals surface area (Å²) in [4.78, 5) is 4.99. The molecule has 1 fully saturated rings. The number of hydrogen-bond acceptors (Lipinski definition) is 4. The number of rotatable bonds is 9. The highest BCUT2D eigenvalue weighted by molar-refractivity contribution is 4.71. The van der Waals surface area contributed by atoms with Gasteiger partial charge in [-0.25, -0.2) is 0 Å². The molecule has 0 amide bonds. The normalized spacial score (nSPS) is 18.6. The lowest BCUT2D eigenvalue weighted by Crippen LogP contribution is -2.48. The van der Waals surface area contributed by atoms with E-state index in [1.54, 1.807) is 0 Å². The third-order valence-corrected chi connectivity index (χ3v) is 3.33. The zero-order valence-electron chi connectivity index (χ0n) is 13.2. The topological polar surface area (TPSA) is 24.9 Å². The van der Waals surface area contributed by atoms with Gasteiger partial charge in [0.1, 0.15) is 0 Å². The van der Waals surface area contributed by atoms with Crippen LogP contribution in [-0.2, 0) is 9.47 Å². The maximum absolute atomic E-state index is 5.64. The third kappa shape index (κ3) is 8.58. The first-order valence-electron chi connectivity index (χ1n) is 7.72. The Balaban J connectivity index is 1.99. The van der Waals surface area contributed by atoms with E-state index in [4.69, 9.17) is 9.47 Å². The van der Waals surface area contributed by atoms with Crippen molar-refractivity contribution in [2.75, 3.05) is 59.1 Å². The molecule has 0 aromatic heterocycles. The lowest BCUT2D eigenvalue weighted by Gasteiger charge is -2.34. The summed E-state index contributed by atoms with van der Waals surface area (Å²) >= 11 is 0. The molecule has 1 aliphatic heterocycles. The fraction of sp³-hybridized carbons (Fsp3) is 1.00. The van der Waals surface area contributed by atoms with Gasteiger partial charge in [0.15, 0.2) is 0 Å². The fourth-order valence-corrected chi connectivity index (χ4v) is 2.17. The maximum Gasteiger partial charge on any atom is 0.0596 e. The molecule has 1 rings (SSSR count). The predicted molar refractivity (Wildman–Crippen MR) is 79.6 cm³/mol. The Morgan fingerprint density at radius 2 is 1.37 bits per heavy atom. The Hall–Kier alpha value is -0.160. The number of ether oxygens (including phenoxy) is 2. The Morgan fingerprint density at radius 3 is 1.84 bits per heavy atom. The molecule has 0 N–H and O–H groups in total. The fourth-order valence-electron chi connectivity index (χ4n) is 2.17. The van der Waals surface area contributed by atoms with Crippen molar-refractivity contribution in [3.63, 3.8) is 0 Å². The van der Waals surface area contributed by atoms with E-state index >= 15 is 0 Å². The summed E-state index contributed by atoms with van der Waals surface area (Å²) in [6.45, 7) is 18.0. The van der Waals surface area contributed by atoms with Crippen LogP contribution in [0.15, 0.2) is 0 Å². The summed E-state index contributed by atoms with van der Waals surface area (Å²) in [6.07, 6.45) is 0.347. The van der Waals surface area contributed by atoms with Crippen LogP contribution < -0.4 is 0 Å². The molecule has 0 unspecified atom stereocenters. The molecule has 1 heterocycles. The molecule has 4 heteroatoms. The Morgan fingerprint density at radius 1 is 0.842 bits per heavy atom. The number of nitrogens with zero attached hydrogens (tertiary/aromatic N) is 2. The smallest absolute Gasteiger partial charge is 0.0596 e. The van der Waals surface area contributed by atoms with Crippen LogP contribution in [0.25, 0.3) is 0 Å². The van der Waals surface area contributed by atoms with Gasteiger partial charge in [0.25, 0.3) is 0 Å². The molecule has 0 aromatic carbocycles. The van der Waals surface area contributed by atoms with Gasteiger partial charge in [-0.05, 0) is 19.8 Å². The van der Waals surface area contributed by atoms with Crippen LogP contribution in [0.4, 0.5) is 0 Å². The number of piperazine rings is 1. The minimum Gasteiger partial charge on any atom is -0.380 e. The van der Waals surface area contributed by atoms with Gasteiger partial charge in [-0.1, -0.05) is 13.8 Å². The highest BCUT2D eigenvalue weighted by atomic mass is 16.5. The molecular weight excluding hydrogens is 240 g/mol. The van der Waals surface area contributed by atoms with Crippen molar-refractivity contribution < 1.29 is 9.47 Å². The van der Waals surface area contributed by atoms with Crippen molar-refractivity contribution in [3.05, 3.63) is 0 Å². The Labute approximate surface area is 119 Å². The first-order chi connectivity index (χ1) is 9.08. The molecule has 0 radical (unpaired) electrons. The van der Waals surface area contributed by atoms with Gasteiger partial charge >= 0.3 is 0 Å². The van der Waals surface area contributed by atoms with E-state index in [9.17, 15) is 0 Å². The van der Waals surface area contributed by atoms with Crippen LogP contribution in [0.5, 0.6) is 0 Å². The highest BCUT2D eigenvalue weighted by Crippen LogP contribution is 2.02. The molecule has 0 saturated carbocycles. The van der Waals surface area contributed by atoms with E-state index in [-0.39, 0.29) is 0 Å². The monoisotopic (exact) mass is 272 g/mol. The van der Waals surface area contributed by atoms with E-state index in [2.05, 4.69) is 37.5 Å². The zero-order valence-corrected chi connectivity index (χ0v) is 13.2. The van der Waals surface area contributed by atoms with E-state index in [0.717, 1.165) is 59.1 Å². The minimum atomic E-state index is 0.347. The minimum absolute atomic E-state index is 0.347. The van der Waals surface area contributed by atoms with Gasteiger partial charge in [0.2, 0.25) is 0 Å². The lowest BCUT2D eigenvalue weighted by atomic mass is 10.2. The van der Waals surface area contributed by atoms with Crippen molar-refractivity contribution in [2.24, 2.45) is 5.92 Å². The molecule has 0 atom stereocenters. The van der Waals surface area contributed by atoms with E-state index in [0.29, 0.717) is 12.0 Å². The highest BCUT2D eigenvalue weighted by Gasteiger charge is 2.16. The molecule has 1 saturated heterocycles. The molecule has 0 bridgehead atoms. The average Bonchev–Trinajstić information content (AvgIpc) is 2.36. The molecule has 4 nitrogen and oxygen atoms in total. The van der Waals surface area contributed by atoms with E-state index < -0.39 is 0 Å². The average molecular weight is 272 g/mol. The molecule has 19 heavy (non-hydrogen) atoms. The van der Waals surface area contributed by atoms with Crippen LogP contribution in [0.2, 0.25) is 0 Å². The first-order valence-corrected chi connectivity index (χ1v) is 7.72. The van der Waals surface area contributed by atoms with E-state index in [1.165, 1.54) is 0 Å². The second kappa shape index (κ2) is 9.70. The molecule has 1 aliphatic rings. The van der Waals surface area contributed by atoms with Crippen LogP contribution >= 0.6 is 0 Å². The summed E-state index contributed by atoms with van der Waals surface area (Å²) in [5.41, 5.74) is 0. The molecule has 0 aliphatic carbocycles. The summed E-state index contributed by atoms with van der Waals surface area (Å²) in [7, 11) is 0. The van der Waals surface area contributed by atoms with Gasteiger partial charge in [-0.2, -0.15) is 0 Å². The Kier molecular flexibility index (Phi) is 8.62. The molecule has 114 valence electrons. The van der Waals surface area contributed by atoms with Gasteiger partial charge in [0, 0.05) is 45.9 Å². The van der Waals surface area contributed by atoms with Crippen LogP contribution in [-0.4, -0.2) is 75.0 Å². The standard InChI is InChI=1S/C15H32N2O2/c1-14(2)13-18-11-9-16-5-7-17(8-6-16)10-12-19-15(3)4/h14-15H,5-13H2,1-4H3. The van der Waals surface area contributed by atoms with Crippen molar-refractivity contribution in [1.82, 2.24) is 9.80 Å². The second-order valence-corrected chi connectivity index (χ2v) is 6.07. The maximum atomic E-state index is 5.64. The predicted octanol–water partition coefficient (Wildman–Crippen LogP) is 1.70. The zero-order chi connectivity index (χ0) is 14.1. The van der Waals surface area contributed by atoms with Crippen LogP contribution in [0.3, 0.4) is 0 Å². The summed E-state index contributed by atoms with van der Waals surface area (Å²) in [6, 6.07) is 0. The van der Waals surface area contributed by atoms with Gasteiger partial charge in [-0.15, -0.1) is 0 Å². The first kappa shape index (κ1) is 16.9. The van der Waals surface area contributed by atoms with Crippen LogP contribution in [0, 0.1) is 5.92 Å². The molecule has 0 aromatic rings. The Bertz CT molecular complexity index is 214. The van der Waals surface area contributed by atoms with Gasteiger partial charge < -0.3 is 9.47 Å². The molecular formula is C15H32N2O2. The van der Waals surface area contributed by atoms with Crippen molar-refractivity contribution in [1.29, 1.82) is 0 Å². The SMILES string of the molecule is CC(C)COCCN1CCN(CCOC(C)C)CC1. The van der Waals surface area contributed by atoms with Crippen molar-refractivity contribution in [2.45, 2.75) is 33.8 Å². The summed E-state index contributed by atoms with van der Waals surface area (Å²) in [5, 5.41) is 0. The van der Waals surface area contributed by atoms with E-state index in [1.807, 2.05) is 0 Å². The second-order valence-electron chi connectivity index (χ2n) is 6.07. The van der Waals surface area contributed by atoms with Gasteiger partial charge in [-0.3, -0.25) is 9.80 Å². The molecule has 0 spiro atoms. The van der Waals surface area contributed by atoms with Crippen molar-refractivity contribution >= 4 is 0 Å². The summed E-state index contributed by atoms with van der Waals surface area (Å²) < 4.78 is 11.2. The third-order valence-electron chi connectivity index (χ3n) is 3.33. The largest absolute Gasteiger partial charge is 0.380 e. The lowest BCUT2D eigenvalue weighted by molar-refractivity contribution is 0.0354. The quantitative estimate of drug-likeness (QED) is 0.597.